The number of carbonyl (C=O) groups is 2. The summed E-state index contributed by atoms with van der Waals surface area (Å²) >= 11 is 6.20. The van der Waals surface area contributed by atoms with Crippen LogP contribution in [0.4, 0.5) is 0 Å². The summed E-state index contributed by atoms with van der Waals surface area (Å²) < 4.78 is 5.05. The average molecular weight is 340 g/mol. The van der Waals surface area contributed by atoms with Crippen molar-refractivity contribution >= 4 is 23.5 Å². The molecule has 0 spiro atoms. The number of amides is 1. The Labute approximate surface area is 140 Å². The molecular formula is C16H22ClN3O3. The minimum atomic E-state index is -0.999. The molecule has 0 fully saturated rings. The summed E-state index contributed by atoms with van der Waals surface area (Å²) in [5.74, 6) is -0.853. The number of aromatic nitrogens is 1. The molecule has 1 aliphatic rings. The Morgan fingerprint density at radius 3 is 2.83 bits per heavy atom. The number of hydrogen-bond donors (Lipinski definition) is 1. The van der Waals surface area contributed by atoms with Crippen LogP contribution in [0.15, 0.2) is 6.07 Å². The van der Waals surface area contributed by atoms with E-state index in [1.54, 1.807) is 0 Å². The number of ether oxygens (including phenoxy) is 1. The Morgan fingerprint density at radius 1 is 1.52 bits per heavy atom. The first-order valence-electron chi connectivity index (χ1n) is 7.52. The van der Waals surface area contributed by atoms with E-state index in [9.17, 15) is 9.59 Å². The first-order chi connectivity index (χ1) is 10.8. The lowest BCUT2D eigenvalue weighted by Crippen LogP contribution is -2.40. The Morgan fingerprint density at radius 2 is 2.22 bits per heavy atom. The first kappa shape index (κ1) is 17.7. The van der Waals surface area contributed by atoms with Crippen LogP contribution < -0.4 is 5.73 Å². The van der Waals surface area contributed by atoms with E-state index in [4.69, 9.17) is 22.1 Å². The Hall–Kier alpha value is -1.66. The molecular weight excluding hydrogens is 318 g/mol. The number of carbonyl (C=O) groups excluding carboxylic acids is 2. The third-order valence-corrected chi connectivity index (χ3v) is 4.80. The van der Waals surface area contributed by atoms with Gasteiger partial charge in [-0.2, -0.15) is 0 Å². The van der Waals surface area contributed by atoms with Crippen LogP contribution in [0.5, 0.6) is 0 Å². The van der Waals surface area contributed by atoms with Crippen molar-refractivity contribution in [1.29, 1.82) is 0 Å². The standard InChI is InChI=1S/C16H22ClN3O3/c1-10-8-11-9-20(2)7-6-16(15(22)23-3,5-4-12(18)21)13(11)19-14(10)17/h8H,4-7,9H2,1-3H3,(H2,18,21). The molecule has 23 heavy (non-hydrogen) atoms. The van der Waals surface area contributed by atoms with Crippen LogP contribution in [0.3, 0.4) is 0 Å². The smallest absolute Gasteiger partial charge is 0.317 e. The normalized spacial score (nSPS) is 21.4. The number of pyridine rings is 1. The van der Waals surface area contributed by atoms with Gasteiger partial charge < -0.3 is 15.4 Å². The van der Waals surface area contributed by atoms with Crippen LogP contribution in [0.25, 0.3) is 0 Å². The van der Waals surface area contributed by atoms with Gasteiger partial charge in [-0.3, -0.25) is 9.59 Å². The zero-order chi connectivity index (χ0) is 17.2. The van der Waals surface area contributed by atoms with E-state index < -0.39 is 17.3 Å². The van der Waals surface area contributed by atoms with Crippen LogP contribution in [0.1, 0.15) is 36.1 Å². The zero-order valence-electron chi connectivity index (χ0n) is 13.7. The SMILES string of the molecule is COC(=O)C1(CCC(N)=O)CCN(C)Cc2cc(C)c(Cl)nc21. The Bertz CT molecular complexity index is 635. The number of hydrogen-bond acceptors (Lipinski definition) is 5. The summed E-state index contributed by atoms with van der Waals surface area (Å²) in [6, 6.07) is 1.95. The molecule has 1 aliphatic heterocycles. The molecule has 6 nitrogen and oxygen atoms in total. The lowest BCUT2D eigenvalue weighted by molar-refractivity contribution is -0.148. The quantitative estimate of drug-likeness (QED) is 0.664. The van der Waals surface area contributed by atoms with Gasteiger partial charge in [-0.1, -0.05) is 11.6 Å². The second-order valence-electron chi connectivity index (χ2n) is 6.13. The van der Waals surface area contributed by atoms with Crippen LogP contribution in [0.2, 0.25) is 5.15 Å². The fourth-order valence-corrected chi connectivity index (χ4v) is 3.27. The molecule has 1 aromatic rings. The summed E-state index contributed by atoms with van der Waals surface area (Å²) in [5, 5.41) is 0.362. The van der Waals surface area contributed by atoms with E-state index >= 15 is 0 Å². The molecule has 0 aliphatic carbocycles. The van der Waals surface area contributed by atoms with Crippen LogP contribution in [-0.2, 0) is 26.3 Å². The van der Waals surface area contributed by atoms with Crippen molar-refractivity contribution in [2.75, 3.05) is 20.7 Å². The highest BCUT2D eigenvalue weighted by molar-refractivity contribution is 6.30. The molecule has 0 bridgehead atoms. The average Bonchev–Trinajstić information content (AvgIpc) is 2.63. The highest BCUT2D eigenvalue weighted by Crippen LogP contribution is 2.39. The number of rotatable bonds is 4. The predicted molar refractivity (Wildman–Crippen MR) is 87.1 cm³/mol. The van der Waals surface area contributed by atoms with Gasteiger partial charge in [0.25, 0.3) is 0 Å². The van der Waals surface area contributed by atoms with Gasteiger partial charge in [0.2, 0.25) is 5.91 Å². The number of nitrogens with zero attached hydrogens (tertiary/aromatic N) is 2. The largest absolute Gasteiger partial charge is 0.468 e. The molecule has 1 amide bonds. The molecule has 2 heterocycles. The second-order valence-corrected chi connectivity index (χ2v) is 6.49. The summed E-state index contributed by atoms with van der Waals surface area (Å²) in [7, 11) is 3.33. The van der Waals surface area contributed by atoms with Crippen molar-refractivity contribution in [3.05, 3.63) is 28.0 Å². The molecule has 0 radical (unpaired) electrons. The predicted octanol–water partition coefficient (Wildman–Crippen LogP) is 1.56. The van der Waals surface area contributed by atoms with Gasteiger partial charge in [-0.25, -0.2) is 4.98 Å². The van der Waals surface area contributed by atoms with Gasteiger partial charge in [-0.15, -0.1) is 0 Å². The number of nitrogens with two attached hydrogens (primary N) is 1. The van der Waals surface area contributed by atoms with Crippen molar-refractivity contribution in [2.24, 2.45) is 5.73 Å². The lowest BCUT2D eigenvalue weighted by Gasteiger charge is -2.30. The molecule has 126 valence electrons. The first-order valence-corrected chi connectivity index (χ1v) is 7.89. The zero-order valence-corrected chi connectivity index (χ0v) is 14.4. The van der Waals surface area contributed by atoms with E-state index in [2.05, 4.69) is 9.88 Å². The van der Waals surface area contributed by atoms with Crippen molar-refractivity contribution in [2.45, 2.75) is 38.1 Å². The van der Waals surface area contributed by atoms with E-state index in [0.717, 1.165) is 11.1 Å². The summed E-state index contributed by atoms with van der Waals surface area (Å²) in [5.41, 5.74) is 6.69. The van der Waals surface area contributed by atoms with Gasteiger partial charge in [0.1, 0.15) is 10.6 Å². The van der Waals surface area contributed by atoms with E-state index in [1.807, 2.05) is 20.0 Å². The number of fused-ring (bicyclic) bond motifs is 1. The Balaban J connectivity index is 2.63. The number of primary amides is 1. The number of aryl methyl sites for hydroxylation is 1. The molecule has 2 rings (SSSR count). The third-order valence-electron chi connectivity index (χ3n) is 4.42. The fourth-order valence-electron chi connectivity index (χ4n) is 3.13. The van der Waals surface area contributed by atoms with Gasteiger partial charge >= 0.3 is 5.97 Å². The maximum Gasteiger partial charge on any atom is 0.317 e. The van der Waals surface area contributed by atoms with Gasteiger partial charge in [0, 0.05) is 13.0 Å². The monoisotopic (exact) mass is 339 g/mol. The molecule has 0 aromatic carbocycles. The van der Waals surface area contributed by atoms with Gasteiger partial charge in [0.15, 0.2) is 0 Å². The van der Waals surface area contributed by atoms with Crippen molar-refractivity contribution in [3.63, 3.8) is 0 Å². The minimum Gasteiger partial charge on any atom is -0.468 e. The fraction of sp³-hybridized carbons (Fsp3) is 0.562. The van der Waals surface area contributed by atoms with Crippen molar-refractivity contribution < 1.29 is 14.3 Å². The molecule has 1 unspecified atom stereocenters. The molecule has 7 heteroatoms. The lowest BCUT2D eigenvalue weighted by atomic mass is 9.75. The minimum absolute atomic E-state index is 0.0887. The van der Waals surface area contributed by atoms with Crippen LogP contribution >= 0.6 is 11.6 Å². The maximum absolute atomic E-state index is 12.6. The van der Waals surface area contributed by atoms with E-state index in [1.165, 1.54) is 7.11 Å². The highest BCUT2D eigenvalue weighted by atomic mass is 35.5. The molecule has 2 N–H and O–H groups in total. The number of halogens is 1. The third kappa shape index (κ3) is 3.48. The van der Waals surface area contributed by atoms with Gasteiger partial charge in [-0.05, 0) is 50.6 Å². The second kappa shape index (κ2) is 6.84. The summed E-state index contributed by atoms with van der Waals surface area (Å²) in [6.45, 7) is 3.22. The van der Waals surface area contributed by atoms with Gasteiger partial charge in [0.05, 0.1) is 12.8 Å². The molecule has 0 saturated carbocycles. The summed E-state index contributed by atoms with van der Waals surface area (Å²) in [4.78, 5) is 30.5. The number of esters is 1. The topological polar surface area (TPSA) is 85.5 Å². The van der Waals surface area contributed by atoms with Crippen LogP contribution in [-0.4, -0.2) is 42.5 Å². The molecule has 0 saturated heterocycles. The maximum atomic E-state index is 12.6. The van der Waals surface area contributed by atoms with E-state index in [0.29, 0.717) is 30.4 Å². The summed E-state index contributed by atoms with van der Waals surface area (Å²) in [6.07, 6.45) is 0.858. The Kier molecular flexibility index (Phi) is 5.26. The number of methoxy groups -OCH3 is 1. The van der Waals surface area contributed by atoms with Crippen molar-refractivity contribution in [3.8, 4) is 0 Å². The highest BCUT2D eigenvalue weighted by Gasteiger charge is 2.45. The molecule has 1 atom stereocenters. The van der Waals surface area contributed by atoms with Crippen LogP contribution in [0, 0.1) is 6.92 Å². The van der Waals surface area contributed by atoms with Crippen molar-refractivity contribution in [1.82, 2.24) is 9.88 Å². The van der Waals surface area contributed by atoms with E-state index in [-0.39, 0.29) is 12.8 Å². The molecule has 1 aromatic heterocycles.